The van der Waals surface area contributed by atoms with E-state index in [0.717, 1.165) is 0 Å². The van der Waals surface area contributed by atoms with Gasteiger partial charge in [-0.05, 0) is 52.7 Å². The van der Waals surface area contributed by atoms with Crippen LogP contribution in [0.5, 0.6) is 11.5 Å². The van der Waals surface area contributed by atoms with E-state index in [1.807, 2.05) is 0 Å². The van der Waals surface area contributed by atoms with Crippen LogP contribution in [0, 0.1) is 10.1 Å². The molecule has 0 aliphatic carbocycles. The highest BCUT2D eigenvalue weighted by atomic mass is 79.9. The first-order chi connectivity index (χ1) is 9.88. The molecule has 21 heavy (non-hydrogen) atoms. The van der Waals surface area contributed by atoms with Crippen LogP contribution in [0.25, 0.3) is 0 Å². The van der Waals surface area contributed by atoms with Crippen LogP contribution >= 0.6 is 27.5 Å². The van der Waals surface area contributed by atoms with Gasteiger partial charge >= 0.3 is 5.69 Å². The summed E-state index contributed by atoms with van der Waals surface area (Å²) in [5.74, 6) is 0.500. The van der Waals surface area contributed by atoms with Gasteiger partial charge in [0.05, 0.1) is 15.5 Å². The third-order valence-corrected chi connectivity index (χ3v) is 3.63. The standard InChI is InChI=1S/C14H11BrClNO4/c1-8(18)9-2-4-13(11(15)6-9)21-14-5-3-10(16)7-12(14)17(19)20/h2-8,18H,1H3/t8-/m1/s1. The number of ether oxygens (including phenoxy) is 1. The molecule has 1 atom stereocenters. The monoisotopic (exact) mass is 371 g/mol. The fourth-order valence-corrected chi connectivity index (χ4v) is 2.34. The maximum atomic E-state index is 11.0. The first kappa shape index (κ1) is 15.8. The van der Waals surface area contributed by atoms with Crippen molar-refractivity contribution in [3.05, 3.63) is 61.6 Å². The van der Waals surface area contributed by atoms with Gasteiger partial charge < -0.3 is 9.84 Å². The summed E-state index contributed by atoms with van der Waals surface area (Å²) >= 11 is 9.07. The Morgan fingerprint density at radius 3 is 2.52 bits per heavy atom. The number of nitro benzene ring substituents is 1. The Balaban J connectivity index is 2.37. The molecule has 7 heteroatoms. The lowest BCUT2D eigenvalue weighted by Crippen LogP contribution is -1.95. The average Bonchev–Trinajstić information content (AvgIpc) is 2.42. The molecule has 0 aliphatic heterocycles. The van der Waals surface area contributed by atoms with E-state index in [0.29, 0.717) is 15.8 Å². The van der Waals surface area contributed by atoms with Crippen molar-refractivity contribution < 1.29 is 14.8 Å². The number of nitro groups is 1. The topological polar surface area (TPSA) is 72.6 Å². The summed E-state index contributed by atoms with van der Waals surface area (Å²) in [4.78, 5) is 10.5. The van der Waals surface area contributed by atoms with E-state index < -0.39 is 11.0 Å². The Hall–Kier alpha value is -1.63. The maximum Gasteiger partial charge on any atom is 0.313 e. The van der Waals surface area contributed by atoms with Gasteiger partial charge in [0.25, 0.3) is 0 Å². The fourth-order valence-electron chi connectivity index (χ4n) is 1.70. The van der Waals surface area contributed by atoms with E-state index in [2.05, 4.69) is 15.9 Å². The number of benzene rings is 2. The van der Waals surface area contributed by atoms with Crippen molar-refractivity contribution >= 4 is 33.2 Å². The summed E-state index contributed by atoms with van der Waals surface area (Å²) in [6.45, 7) is 1.65. The zero-order valence-electron chi connectivity index (χ0n) is 10.9. The maximum absolute atomic E-state index is 11.0. The van der Waals surface area contributed by atoms with E-state index in [1.165, 1.54) is 18.2 Å². The molecule has 0 radical (unpaired) electrons. The van der Waals surface area contributed by atoms with Gasteiger partial charge in [0.2, 0.25) is 5.75 Å². The Morgan fingerprint density at radius 1 is 1.29 bits per heavy atom. The average molecular weight is 373 g/mol. The third kappa shape index (κ3) is 3.72. The Kier molecular flexibility index (Phi) is 4.82. The summed E-state index contributed by atoms with van der Waals surface area (Å²) in [5, 5.41) is 20.8. The number of hydrogen-bond donors (Lipinski definition) is 1. The predicted molar refractivity (Wildman–Crippen MR) is 83.0 cm³/mol. The number of nitrogens with zero attached hydrogens (tertiary/aromatic N) is 1. The number of hydrogen-bond acceptors (Lipinski definition) is 4. The van der Waals surface area contributed by atoms with Crippen molar-refractivity contribution in [2.24, 2.45) is 0 Å². The highest BCUT2D eigenvalue weighted by Gasteiger charge is 2.17. The molecule has 0 amide bonds. The zero-order chi connectivity index (χ0) is 15.6. The van der Waals surface area contributed by atoms with Gasteiger partial charge in [-0.2, -0.15) is 0 Å². The Morgan fingerprint density at radius 2 is 1.95 bits per heavy atom. The molecule has 0 aromatic heterocycles. The van der Waals surface area contributed by atoms with E-state index >= 15 is 0 Å². The number of halogens is 2. The molecule has 0 fully saturated rings. The van der Waals surface area contributed by atoms with Crippen molar-refractivity contribution in [2.75, 3.05) is 0 Å². The lowest BCUT2D eigenvalue weighted by Gasteiger charge is -2.11. The summed E-state index contributed by atoms with van der Waals surface area (Å²) < 4.78 is 6.15. The van der Waals surface area contributed by atoms with Crippen LogP contribution in [0.1, 0.15) is 18.6 Å². The van der Waals surface area contributed by atoms with Gasteiger partial charge in [-0.1, -0.05) is 17.7 Å². The molecule has 0 spiro atoms. The quantitative estimate of drug-likeness (QED) is 0.614. The Bertz CT molecular complexity index is 691. The van der Waals surface area contributed by atoms with E-state index in [9.17, 15) is 15.2 Å². The molecule has 110 valence electrons. The third-order valence-electron chi connectivity index (χ3n) is 2.78. The van der Waals surface area contributed by atoms with Crippen molar-refractivity contribution in [1.82, 2.24) is 0 Å². The van der Waals surface area contributed by atoms with Crippen LogP contribution in [0.4, 0.5) is 5.69 Å². The van der Waals surface area contributed by atoms with E-state index in [4.69, 9.17) is 16.3 Å². The molecule has 5 nitrogen and oxygen atoms in total. The molecule has 0 heterocycles. The molecule has 2 rings (SSSR count). The minimum absolute atomic E-state index is 0.0925. The van der Waals surface area contributed by atoms with Crippen molar-refractivity contribution in [3.63, 3.8) is 0 Å². The second-order valence-electron chi connectivity index (χ2n) is 4.34. The number of aliphatic hydroxyl groups excluding tert-OH is 1. The van der Waals surface area contributed by atoms with Crippen LogP contribution in [-0.2, 0) is 0 Å². The molecule has 0 bridgehead atoms. The van der Waals surface area contributed by atoms with Gasteiger partial charge in [0, 0.05) is 11.1 Å². The smallest absolute Gasteiger partial charge is 0.313 e. The van der Waals surface area contributed by atoms with Crippen LogP contribution in [-0.4, -0.2) is 10.0 Å². The van der Waals surface area contributed by atoms with Gasteiger partial charge in [0.15, 0.2) is 0 Å². The normalized spacial score (nSPS) is 12.0. The van der Waals surface area contributed by atoms with Gasteiger partial charge in [-0.25, -0.2) is 0 Å². The van der Waals surface area contributed by atoms with Crippen LogP contribution < -0.4 is 4.74 Å². The molecule has 0 aliphatic rings. The number of aliphatic hydroxyl groups is 1. The minimum atomic E-state index is -0.611. The lowest BCUT2D eigenvalue weighted by molar-refractivity contribution is -0.385. The highest BCUT2D eigenvalue weighted by Crippen LogP contribution is 2.37. The van der Waals surface area contributed by atoms with Crippen LogP contribution in [0.2, 0.25) is 5.02 Å². The second kappa shape index (κ2) is 6.43. The van der Waals surface area contributed by atoms with Crippen molar-refractivity contribution in [1.29, 1.82) is 0 Å². The number of rotatable bonds is 4. The molecule has 1 N–H and O–H groups in total. The van der Waals surface area contributed by atoms with Crippen LogP contribution in [0.3, 0.4) is 0 Å². The zero-order valence-corrected chi connectivity index (χ0v) is 13.3. The Labute approximate surface area is 134 Å². The fraction of sp³-hybridized carbons (Fsp3) is 0.143. The molecular weight excluding hydrogens is 362 g/mol. The SMILES string of the molecule is C[C@@H](O)c1ccc(Oc2ccc(Cl)cc2[N+](=O)[O-])c(Br)c1. The van der Waals surface area contributed by atoms with Crippen LogP contribution in [0.15, 0.2) is 40.9 Å². The van der Waals surface area contributed by atoms with Crippen molar-refractivity contribution in [3.8, 4) is 11.5 Å². The summed E-state index contributed by atoms with van der Waals surface area (Å²) in [6, 6.07) is 9.20. The lowest BCUT2D eigenvalue weighted by atomic mass is 10.1. The first-order valence-corrected chi connectivity index (χ1v) is 7.15. The summed E-state index contributed by atoms with van der Waals surface area (Å²) in [5.41, 5.74) is 0.494. The molecule has 0 saturated heterocycles. The predicted octanol–water partition coefficient (Wildman–Crippen LogP) is 4.86. The molecule has 2 aromatic carbocycles. The highest BCUT2D eigenvalue weighted by molar-refractivity contribution is 9.10. The summed E-state index contributed by atoms with van der Waals surface area (Å²) in [6.07, 6.45) is -0.611. The second-order valence-corrected chi connectivity index (χ2v) is 5.63. The van der Waals surface area contributed by atoms with E-state index in [-0.39, 0.29) is 16.5 Å². The van der Waals surface area contributed by atoms with Gasteiger partial charge in [0.1, 0.15) is 5.75 Å². The minimum Gasteiger partial charge on any atom is -0.449 e. The first-order valence-electron chi connectivity index (χ1n) is 5.98. The largest absolute Gasteiger partial charge is 0.449 e. The van der Waals surface area contributed by atoms with E-state index in [1.54, 1.807) is 25.1 Å². The molecule has 2 aromatic rings. The molecular formula is C14H11BrClNO4. The summed E-state index contributed by atoms with van der Waals surface area (Å²) in [7, 11) is 0. The van der Waals surface area contributed by atoms with Crippen molar-refractivity contribution in [2.45, 2.75) is 13.0 Å². The molecule has 0 unspecified atom stereocenters. The van der Waals surface area contributed by atoms with Gasteiger partial charge in [-0.3, -0.25) is 10.1 Å². The van der Waals surface area contributed by atoms with Gasteiger partial charge in [-0.15, -0.1) is 0 Å². The molecule has 0 saturated carbocycles.